The molecule has 0 saturated heterocycles. The highest BCUT2D eigenvalue weighted by Crippen LogP contribution is 2.25. The molecule has 0 spiro atoms. The van der Waals surface area contributed by atoms with E-state index in [1.807, 2.05) is 0 Å². The molecule has 0 bridgehead atoms. The summed E-state index contributed by atoms with van der Waals surface area (Å²) in [4.78, 5) is 10.6. The molecule has 1 rings (SSSR count). The summed E-state index contributed by atoms with van der Waals surface area (Å²) in [6.45, 7) is 1.63. The van der Waals surface area contributed by atoms with E-state index in [0.29, 0.717) is 8.95 Å². The summed E-state index contributed by atoms with van der Waals surface area (Å²) in [5, 5.41) is 8.57. The van der Waals surface area contributed by atoms with Crippen LogP contribution in [-0.4, -0.2) is 25.5 Å². The minimum absolute atomic E-state index is 0.0800. The van der Waals surface area contributed by atoms with E-state index >= 15 is 0 Å². The SMILES string of the molecule is CC(CCC(=O)O)NS(=O)(=O)c1cc(Br)ccc1Br. The van der Waals surface area contributed by atoms with Gasteiger partial charge in [-0.3, -0.25) is 4.79 Å². The molecule has 0 aromatic heterocycles. The molecule has 1 aromatic carbocycles. The molecular weight excluding hydrogens is 402 g/mol. The van der Waals surface area contributed by atoms with Gasteiger partial charge in [-0.25, -0.2) is 13.1 Å². The fraction of sp³-hybridized carbons (Fsp3) is 0.364. The van der Waals surface area contributed by atoms with Gasteiger partial charge in [-0.1, -0.05) is 15.9 Å². The molecule has 0 heterocycles. The first kappa shape index (κ1) is 16.6. The predicted octanol–water partition coefficient (Wildman–Crippen LogP) is 2.74. The van der Waals surface area contributed by atoms with E-state index in [0.717, 1.165) is 0 Å². The molecule has 0 radical (unpaired) electrons. The first-order valence-electron chi connectivity index (χ1n) is 5.41. The summed E-state index contributed by atoms with van der Waals surface area (Å²) in [7, 11) is -3.68. The maximum Gasteiger partial charge on any atom is 0.303 e. The monoisotopic (exact) mass is 413 g/mol. The van der Waals surface area contributed by atoms with Crippen LogP contribution in [0.5, 0.6) is 0 Å². The van der Waals surface area contributed by atoms with Crippen molar-refractivity contribution in [3.63, 3.8) is 0 Å². The second-order valence-electron chi connectivity index (χ2n) is 4.03. The number of hydrogen-bond acceptors (Lipinski definition) is 3. The van der Waals surface area contributed by atoms with Crippen molar-refractivity contribution in [2.24, 2.45) is 0 Å². The van der Waals surface area contributed by atoms with Gasteiger partial charge in [0, 0.05) is 21.4 Å². The van der Waals surface area contributed by atoms with Crippen LogP contribution in [0.1, 0.15) is 19.8 Å². The Balaban J connectivity index is 2.86. The summed E-state index contributed by atoms with van der Waals surface area (Å²) >= 11 is 6.40. The van der Waals surface area contributed by atoms with Crippen LogP contribution >= 0.6 is 31.9 Å². The van der Waals surface area contributed by atoms with E-state index in [9.17, 15) is 13.2 Å². The van der Waals surface area contributed by atoms with Crippen LogP contribution in [0.4, 0.5) is 0 Å². The average molecular weight is 415 g/mol. The van der Waals surface area contributed by atoms with Gasteiger partial charge >= 0.3 is 5.97 Å². The van der Waals surface area contributed by atoms with Crippen molar-refractivity contribution in [2.45, 2.75) is 30.7 Å². The quantitative estimate of drug-likeness (QED) is 0.749. The lowest BCUT2D eigenvalue weighted by molar-refractivity contribution is -0.137. The Morgan fingerprint density at radius 2 is 2.05 bits per heavy atom. The minimum Gasteiger partial charge on any atom is -0.481 e. The Morgan fingerprint density at radius 3 is 2.63 bits per heavy atom. The van der Waals surface area contributed by atoms with Crippen LogP contribution < -0.4 is 4.72 Å². The van der Waals surface area contributed by atoms with Crippen molar-refractivity contribution in [3.05, 3.63) is 27.1 Å². The molecule has 106 valence electrons. The summed E-state index contributed by atoms with van der Waals surface area (Å²) in [6.07, 6.45) is 0.156. The van der Waals surface area contributed by atoms with Gasteiger partial charge in [-0.05, 0) is 47.5 Å². The van der Waals surface area contributed by atoms with E-state index < -0.39 is 22.0 Å². The number of aliphatic carboxylic acids is 1. The lowest BCUT2D eigenvalue weighted by Crippen LogP contribution is -2.33. The number of benzene rings is 1. The highest BCUT2D eigenvalue weighted by atomic mass is 79.9. The molecule has 0 aliphatic carbocycles. The van der Waals surface area contributed by atoms with Gasteiger partial charge in [-0.2, -0.15) is 0 Å². The van der Waals surface area contributed by atoms with Crippen LogP contribution in [0.25, 0.3) is 0 Å². The Bertz CT molecular complexity index is 574. The average Bonchev–Trinajstić information content (AvgIpc) is 2.29. The molecular formula is C11H13Br2NO4S. The third-order valence-electron chi connectivity index (χ3n) is 2.33. The molecule has 1 unspecified atom stereocenters. The number of halogens is 2. The molecule has 19 heavy (non-hydrogen) atoms. The van der Waals surface area contributed by atoms with Crippen molar-refractivity contribution in [2.75, 3.05) is 0 Å². The largest absolute Gasteiger partial charge is 0.481 e. The first-order chi connectivity index (χ1) is 8.72. The van der Waals surface area contributed by atoms with Gasteiger partial charge in [0.25, 0.3) is 0 Å². The molecule has 0 aliphatic heterocycles. The third-order valence-corrected chi connectivity index (χ3v) is 5.41. The second-order valence-corrected chi connectivity index (χ2v) is 7.48. The van der Waals surface area contributed by atoms with Crippen molar-refractivity contribution in [1.82, 2.24) is 4.72 Å². The van der Waals surface area contributed by atoms with Crippen LogP contribution in [0.15, 0.2) is 32.0 Å². The van der Waals surface area contributed by atoms with Crippen molar-refractivity contribution in [1.29, 1.82) is 0 Å². The zero-order valence-corrected chi connectivity index (χ0v) is 14.0. The Kier molecular flexibility index (Phi) is 5.97. The topological polar surface area (TPSA) is 83.5 Å². The molecule has 2 N–H and O–H groups in total. The van der Waals surface area contributed by atoms with Gasteiger partial charge in [0.1, 0.15) is 0 Å². The van der Waals surface area contributed by atoms with Gasteiger partial charge in [-0.15, -0.1) is 0 Å². The highest BCUT2D eigenvalue weighted by Gasteiger charge is 2.20. The molecule has 0 fully saturated rings. The van der Waals surface area contributed by atoms with Crippen molar-refractivity contribution >= 4 is 47.9 Å². The maximum absolute atomic E-state index is 12.2. The summed E-state index contributed by atoms with van der Waals surface area (Å²) in [6, 6.07) is 4.38. The number of nitrogens with one attached hydrogen (secondary N) is 1. The fourth-order valence-electron chi connectivity index (χ4n) is 1.41. The minimum atomic E-state index is -3.68. The van der Waals surface area contributed by atoms with E-state index in [2.05, 4.69) is 36.6 Å². The van der Waals surface area contributed by atoms with Gasteiger partial charge in [0.2, 0.25) is 10.0 Å². The normalized spacial score (nSPS) is 13.2. The lowest BCUT2D eigenvalue weighted by Gasteiger charge is -2.14. The van der Waals surface area contributed by atoms with Crippen molar-refractivity contribution in [3.8, 4) is 0 Å². The van der Waals surface area contributed by atoms with Gasteiger partial charge < -0.3 is 5.11 Å². The smallest absolute Gasteiger partial charge is 0.303 e. The third kappa shape index (κ3) is 5.21. The molecule has 1 aromatic rings. The number of carbonyl (C=O) groups is 1. The molecule has 0 amide bonds. The zero-order chi connectivity index (χ0) is 14.6. The second kappa shape index (κ2) is 6.83. The summed E-state index contributed by atoms with van der Waals surface area (Å²) < 4.78 is 27.9. The van der Waals surface area contributed by atoms with E-state index in [-0.39, 0.29) is 17.7 Å². The Labute approximate surface area is 128 Å². The number of carboxylic acid groups (broad SMARTS) is 1. The zero-order valence-electron chi connectivity index (χ0n) is 10.1. The molecule has 5 nitrogen and oxygen atoms in total. The first-order valence-corrected chi connectivity index (χ1v) is 8.48. The molecule has 8 heteroatoms. The van der Waals surface area contributed by atoms with Gasteiger partial charge in [0.05, 0.1) is 4.90 Å². The number of rotatable bonds is 6. The number of sulfonamides is 1. The predicted molar refractivity (Wildman–Crippen MR) is 78.5 cm³/mol. The fourth-order valence-corrected chi connectivity index (χ4v) is 4.19. The summed E-state index contributed by atoms with van der Waals surface area (Å²) in [5.74, 6) is -0.949. The van der Waals surface area contributed by atoms with E-state index in [1.165, 1.54) is 6.07 Å². The Morgan fingerprint density at radius 1 is 1.42 bits per heavy atom. The number of carboxylic acids is 1. The Hall–Kier alpha value is -0.440. The maximum atomic E-state index is 12.2. The number of hydrogen-bond donors (Lipinski definition) is 2. The highest BCUT2D eigenvalue weighted by molar-refractivity contribution is 9.11. The van der Waals surface area contributed by atoms with E-state index in [1.54, 1.807) is 19.1 Å². The molecule has 0 saturated carbocycles. The standard InChI is InChI=1S/C11H13Br2NO4S/c1-7(2-5-11(15)16)14-19(17,18)10-6-8(12)3-4-9(10)13/h3-4,6-7,14H,2,5H2,1H3,(H,15,16). The summed E-state index contributed by atoms with van der Waals surface area (Å²) in [5.41, 5.74) is 0. The van der Waals surface area contributed by atoms with Crippen LogP contribution in [-0.2, 0) is 14.8 Å². The van der Waals surface area contributed by atoms with Crippen LogP contribution in [0.3, 0.4) is 0 Å². The molecule has 0 aliphatic rings. The van der Waals surface area contributed by atoms with E-state index in [4.69, 9.17) is 5.11 Å². The molecule has 1 atom stereocenters. The van der Waals surface area contributed by atoms with Crippen molar-refractivity contribution < 1.29 is 18.3 Å². The van der Waals surface area contributed by atoms with Crippen LogP contribution in [0.2, 0.25) is 0 Å². The van der Waals surface area contributed by atoms with Gasteiger partial charge in [0.15, 0.2) is 0 Å². The van der Waals surface area contributed by atoms with Crippen LogP contribution in [0, 0.1) is 0 Å². The lowest BCUT2D eigenvalue weighted by atomic mass is 10.2.